The highest BCUT2D eigenvalue weighted by Gasteiger charge is 2.13. The molecular formula is C23H28N4O. The van der Waals surface area contributed by atoms with E-state index in [1.165, 1.54) is 11.1 Å². The van der Waals surface area contributed by atoms with Gasteiger partial charge < -0.3 is 4.98 Å². The Morgan fingerprint density at radius 2 is 2.04 bits per heavy atom. The Balaban J connectivity index is 1.79. The smallest absolute Gasteiger partial charge is 0.251 e. The third-order valence-electron chi connectivity index (χ3n) is 5.04. The lowest BCUT2D eigenvalue weighted by Crippen LogP contribution is -2.22. The van der Waals surface area contributed by atoms with Crippen molar-refractivity contribution >= 4 is 0 Å². The molecule has 0 aliphatic rings. The van der Waals surface area contributed by atoms with Crippen LogP contribution in [-0.4, -0.2) is 26.9 Å². The maximum Gasteiger partial charge on any atom is 0.251 e. The first kappa shape index (κ1) is 20.0. The number of hydrogen-bond acceptors (Lipinski definition) is 4. The topological polar surface area (TPSA) is 61.9 Å². The Morgan fingerprint density at radius 1 is 1.18 bits per heavy atom. The van der Waals surface area contributed by atoms with Gasteiger partial charge in [-0.2, -0.15) is 0 Å². The summed E-state index contributed by atoms with van der Waals surface area (Å²) in [7, 11) is 2.11. The molecular weight excluding hydrogens is 348 g/mol. The largest absolute Gasteiger partial charge is 0.307 e. The first-order chi connectivity index (χ1) is 13.6. The van der Waals surface area contributed by atoms with Gasteiger partial charge in [0.15, 0.2) is 0 Å². The lowest BCUT2D eigenvalue weighted by Gasteiger charge is -2.25. The molecule has 3 aromatic rings. The van der Waals surface area contributed by atoms with E-state index in [0.717, 1.165) is 37.1 Å². The van der Waals surface area contributed by atoms with Crippen molar-refractivity contribution in [2.45, 2.75) is 45.7 Å². The number of rotatable bonds is 8. The van der Waals surface area contributed by atoms with Crippen LogP contribution in [0.25, 0.3) is 11.4 Å². The minimum absolute atomic E-state index is 0.0937. The summed E-state index contributed by atoms with van der Waals surface area (Å²) < 4.78 is 0. The number of aromatic amines is 1. The average Bonchev–Trinajstić information content (AvgIpc) is 2.72. The number of aryl methyl sites for hydroxylation is 1. The molecule has 1 unspecified atom stereocenters. The van der Waals surface area contributed by atoms with Gasteiger partial charge in [0.1, 0.15) is 5.82 Å². The van der Waals surface area contributed by atoms with Crippen LogP contribution in [0, 0.1) is 0 Å². The van der Waals surface area contributed by atoms with E-state index < -0.39 is 0 Å². The van der Waals surface area contributed by atoms with Gasteiger partial charge in [-0.15, -0.1) is 0 Å². The van der Waals surface area contributed by atoms with E-state index in [1.54, 1.807) is 12.3 Å². The quantitative estimate of drug-likeness (QED) is 0.634. The van der Waals surface area contributed by atoms with Gasteiger partial charge in [0.05, 0.1) is 0 Å². The Morgan fingerprint density at radius 3 is 2.79 bits per heavy atom. The zero-order valence-electron chi connectivity index (χ0n) is 16.9. The molecule has 0 aliphatic carbocycles. The maximum atomic E-state index is 12.0. The van der Waals surface area contributed by atoms with E-state index in [1.807, 2.05) is 24.4 Å². The van der Waals surface area contributed by atoms with Crippen molar-refractivity contribution in [3.63, 3.8) is 0 Å². The maximum absolute atomic E-state index is 12.0. The Labute approximate surface area is 166 Å². The molecule has 28 heavy (non-hydrogen) atoms. The number of aromatic nitrogens is 3. The van der Waals surface area contributed by atoms with Gasteiger partial charge in [0, 0.05) is 42.3 Å². The first-order valence-electron chi connectivity index (χ1n) is 9.86. The number of pyridine rings is 1. The van der Waals surface area contributed by atoms with E-state index in [2.05, 4.69) is 58.9 Å². The number of nitrogens with zero attached hydrogens (tertiary/aromatic N) is 3. The van der Waals surface area contributed by atoms with Crippen molar-refractivity contribution < 1.29 is 0 Å². The van der Waals surface area contributed by atoms with Crippen LogP contribution in [0.2, 0.25) is 0 Å². The van der Waals surface area contributed by atoms with Gasteiger partial charge in [0.2, 0.25) is 0 Å². The Kier molecular flexibility index (Phi) is 6.71. The van der Waals surface area contributed by atoms with E-state index in [-0.39, 0.29) is 11.6 Å². The predicted molar refractivity (Wildman–Crippen MR) is 113 cm³/mol. The second-order valence-corrected chi connectivity index (χ2v) is 7.27. The normalized spacial score (nSPS) is 12.3. The molecule has 5 nitrogen and oxygen atoms in total. The van der Waals surface area contributed by atoms with Gasteiger partial charge in [-0.3, -0.25) is 14.7 Å². The van der Waals surface area contributed by atoms with Crippen LogP contribution in [0.3, 0.4) is 0 Å². The zero-order chi connectivity index (χ0) is 19.9. The van der Waals surface area contributed by atoms with Crippen molar-refractivity contribution in [1.29, 1.82) is 0 Å². The molecule has 5 heteroatoms. The fourth-order valence-electron chi connectivity index (χ4n) is 3.25. The van der Waals surface area contributed by atoms with Crippen LogP contribution in [0.4, 0.5) is 0 Å². The Bertz CT molecular complexity index is 952. The highest BCUT2D eigenvalue weighted by atomic mass is 16.1. The van der Waals surface area contributed by atoms with Gasteiger partial charge >= 0.3 is 0 Å². The van der Waals surface area contributed by atoms with E-state index in [9.17, 15) is 4.79 Å². The second kappa shape index (κ2) is 9.42. The minimum Gasteiger partial charge on any atom is -0.307 e. The monoisotopic (exact) mass is 376 g/mol. The molecule has 0 aliphatic heterocycles. The summed E-state index contributed by atoms with van der Waals surface area (Å²) in [6.45, 7) is 5.11. The van der Waals surface area contributed by atoms with Crippen LogP contribution in [0.5, 0.6) is 0 Å². The average molecular weight is 377 g/mol. The van der Waals surface area contributed by atoms with Crippen LogP contribution >= 0.6 is 0 Å². The molecule has 1 aromatic carbocycles. The fraction of sp³-hybridized carbons (Fsp3) is 0.348. The molecule has 2 aromatic heterocycles. The molecule has 1 N–H and O–H groups in total. The molecule has 0 radical (unpaired) electrons. The highest BCUT2D eigenvalue weighted by Crippen LogP contribution is 2.22. The predicted octanol–water partition coefficient (Wildman–Crippen LogP) is 4.37. The van der Waals surface area contributed by atoms with Crippen molar-refractivity contribution in [1.82, 2.24) is 19.9 Å². The van der Waals surface area contributed by atoms with E-state index >= 15 is 0 Å². The van der Waals surface area contributed by atoms with Crippen LogP contribution in [0.15, 0.2) is 59.7 Å². The zero-order valence-corrected chi connectivity index (χ0v) is 16.9. The molecule has 2 heterocycles. The second-order valence-electron chi connectivity index (χ2n) is 7.27. The molecule has 0 bridgehead atoms. The molecule has 0 saturated carbocycles. The first-order valence-corrected chi connectivity index (χ1v) is 9.86. The number of benzene rings is 1. The summed E-state index contributed by atoms with van der Waals surface area (Å²) in [5, 5.41) is 0. The minimum atomic E-state index is -0.0937. The standard InChI is InChI=1S/C23H28N4O/c1-4-5-11-21-14-22(28)26-23(25-21)19-9-6-8-18(13-19)16-27(3)17(2)20-10-7-12-24-15-20/h6-10,12-15,17H,4-5,11,16H2,1-3H3,(H,25,26,28). The lowest BCUT2D eigenvalue weighted by atomic mass is 10.1. The third kappa shape index (κ3) is 5.14. The molecule has 146 valence electrons. The van der Waals surface area contributed by atoms with Gasteiger partial charge in [-0.05, 0) is 50.1 Å². The number of unbranched alkanes of at least 4 members (excludes halogenated alkanes) is 1. The Hall–Kier alpha value is -2.79. The van der Waals surface area contributed by atoms with Gasteiger partial charge in [-0.1, -0.05) is 37.6 Å². The highest BCUT2D eigenvalue weighted by molar-refractivity contribution is 5.56. The molecule has 0 spiro atoms. The summed E-state index contributed by atoms with van der Waals surface area (Å²) >= 11 is 0. The lowest BCUT2D eigenvalue weighted by molar-refractivity contribution is 0.252. The fourth-order valence-corrected chi connectivity index (χ4v) is 3.25. The van der Waals surface area contributed by atoms with Crippen molar-refractivity contribution in [3.8, 4) is 11.4 Å². The molecule has 1 atom stereocenters. The van der Waals surface area contributed by atoms with Crippen LogP contribution in [0.1, 0.15) is 49.6 Å². The summed E-state index contributed by atoms with van der Waals surface area (Å²) in [6, 6.07) is 14.2. The van der Waals surface area contributed by atoms with Crippen molar-refractivity contribution in [2.75, 3.05) is 7.05 Å². The molecule has 3 rings (SSSR count). The summed E-state index contributed by atoms with van der Waals surface area (Å²) in [4.78, 5) is 26.1. The molecule has 0 fully saturated rings. The number of H-pyrrole nitrogens is 1. The summed E-state index contributed by atoms with van der Waals surface area (Å²) in [5.74, 6) is 0.642. The molecule has 0 saturated heterocycles. The number of hydrogen-bond donors (Lipinski definition) is 1. The van der Waals surface area contributed by atoms with E-state index in [4.69, 9.17) is 0 Å². The van der Waals surface area contributed by atoms with Crippen LogP contribution < -0.4 is 5.56 Å². The summed E-state index contributed by atoms with van der Waals surface area (Å²) in [6.07, 6.45) is 6.66. The van der Waals surface area contributed by atoms with Gasteiger partial charge in [-0.25, -0.2) is 4.98 Å². The SMILES string of the molecule is CCCCc1cc(=O)[nH]c(-c2cccc(CN(C)C(C)c3cccnc3)c2)n1. The van der Waals surface area contributed by atoms with Crippen LogP contribution in [-0.2, 0) is 13.0 Å². The molecule has 0 amide bonds. The van der Waals surface area contributed by atoms with E-state index in [0.29, 0.717) is 5.82 Å². The van der Waals surface area contributed by atoms with Crippen molar-refractivity contribution in [2.24, 2.45) is 0 Å². The summed E-state index contributed by atoms with van der Waals surface area (Å²) in [5.41, 5.74) is 4.07. The van der Waals surface area contributed by atoms with Crippen molar-refractivity contribution in [3.05, 3.63) is 82.0 Å². The van der Waals surface area contributed by atoms with Gasteiger partial charge in [0.25, 0.3) is 5.56 Å². The number of nitrogens with one attached hydrogen (secondary N) is 1. The third-order valence-corrected chi connectivity index (χ3v) is 5.04.